The fourth-order valence-electron chi connectivity index (χ4n) is 7.55. The van der Waals surface area contributed by atoms with Gasteiger partial charge in [0.1, 0.15) is 11.4 Å². The molecule has 1 saturated carbocycles. The number of Topliss-reactive ketones (excluding diaryl/α,β-unsaturated/α-hetero) is 1. The molecule has 0 spiro atoms. The van der Waals surface area contributed by atoms with Gasteiger partial charge in [-0.3, -0.25) is 14.4 Å². The molecule has 3 aliphatic rings. The van der Waals surface area contributed by atoms with Crippen molar-refractivity contribution in [3.8, 4) is 11.1 Å². The summed E-state index contributed by atoms with van der Waals surface area (Å²) in [4.78, 5) is 59.0. The minimum absolute atomic E-state index is 0.0882. The summed E-state index contributed by atoms with van der Waals surface area (Å²) in [5, 5.41) is 13.9. The summed E-state index contributed by atoms with van der Waals surface area (Å²) >= 11 is 0. The van der Waals surface area contributed by atoms with E-state index < -0.39 is 17.6 Å². The van der Waals surface area contributed by atoms with Gasteiger partial charge in [-0.25, -0.2) is 9.79 Å². The second-order valence-electron chi connectivity index (χ2n) is 15.8. The van der Waals surface area contributed by atoms with E-state index >= 15 is 0 Å². The minimum atomic E-state index is -0.569. The molecule has 3 aromatic carbocycles. The van der Waals surface area contributed by atoms with E-state index in [1.807, 2.05) is 99.3 Å². The number of alkyl carbamates (subject to hydrolysis) is 1. The summed E-state index contributed by atoms with van der Waals surface area (Å²) in [6, 6.07) is 21.4. The number of amides is 3. The Hall–Kier alpha value is -5.19. The zero-order valence-electron chi connectivity index (χ0n) is 31.9. The fraction of sp³-hybridized carbons (Fsp3) is 0.465. The van der Waals surface area contributed by atoms with Crippen molar-refractivity contribution in [2.24, 2.45) is 33.0 Å². The number of benzene rings is 3. The van der Waals surface area contributed by atoms with E-state index in [-0.39, 0.29) is 35.9 Å². The van der Waals surface area contributed by atoms with Crippen LogP contribution in [0.5, 0.6) is 0 Å². The molecule has 2 fully saturated rings. The number of rotatable bonds is 12. The molecule has 3 aromatic rings. The molecule has 3 amide bonds. The first-order valence-corrected chi connectivity index (χ1v) is 19.2. The number of amidine groups is 1. The van der Waals surface area contributed by atoms with Crippen molar-refractivity contribution >= 4 is 35.2 Å². The average Bonchev–Trinajstić information content (AvgIpc) is 3.90. The Balaban J connectivity index is 1.11. The Morgan fingerprint density at radius 3 is 2.20 bits per heavy atom. The van der Waals surface area contributed by atoms with Crippen molar-refractivity contribution in [2.75, 3.05) is 31.6 Å². The molecule has 1 aliphatic carbocycles. The van der Waals surface area contributed by atoms with Crippen LogP contribution in [-0.2, 0) is 20.7 Å². The highest BCUT2D eigenvalue weighted by Crippen LogP contribution is 2.32. The van der Waals surface area contributed by atoms with Crippen molar-refractivity contribution in [3.05, 3.63) is 89.0 Å². The fourth-order valence-corrected chi connectivity index (χ4v) is 7.55. The van der Waals surface area contributed by atoms with Gasteiger partial charge in [0.05, 0.1) is 0 Å². The van der Waals surface area contributed by atoms with Crippen LogP contribution in [0.1, 0.15) is 92.8 Å². The maximum absolute atomic E-state index is 13.9. The molecule has 0 aromatic heterocycles. The van der Waals surface area contributed by atoms with Gasteiger partial charge in [-0.2, -0.15) is 5.11 Å². The van der Waals surface area contributed by atoms with Gasteiger partial charge in [-0.1, -0.05) is 30.3 Å². The smallest absolute Gasteiger partial charge is 0.407 e. The lowest BCUT2D eigenvalue weighted by Crippen LogP contribution is -2.37. The molecular formula is C43H52N6O5. The monoisotopic (exact) mass is 732 g/mol. The summed E-state index contributed by atoms with van der Waals surface area (Å²) in [5.74, 6) is 0.141. The van der Waals surface area contributed by atoms with E-state index in [9.17, 15) is 19.2 Å². The van der Waals surface area contributed by atoms with E-state index in [0.29, 0.717) is 36.7 Å². The van der Waals surface area contributed by atoms with Crippen LogP contribution in [0.25, 0.3) is 11.1 Å². The van der Waals surface area contributed by atoms with Gasteiger partial charge in [0.25, 0.3) is 5.91 Å². The Bertz CT molecular complexity index is 1880. The zero-order chi connectivity index (χ0) is 38.2. The largest absolute Gasteiger partial charge is 0.444 e. The molecule has 11 nitrogen and oxygen atoms in total. The first kappa shape index (κ1) is 38.5. The quantitative estimate of drug-likeness (QED) is 0.193. The SMILES string of the molecule is Cc1cc(C(=O)N2CCCC2)ccc1-c1ccc(C[C@H](CC(=O)C2CCC(CNC(=O)OC(C)(C)C)CC2)C(=O)Nc2ccc(C3=NCN=N3)cc2)cc1. The Kier molecular flexibility index (Phi) is 12.3. The first-order valence-electron chi connectivity index (χ1n) is 19.2. The summed E-state index contributed by atoms with van der Waals surface area (Å²) < 4.78 is 5.37. The predicted octanol–water partition coefficient (Wildman–Crippen LogP) is 8.16. The van der Waals surface area contributed by atoms with Gasteiger partial charge in [-0.05, 0) is 137 Å². The highest BCUT2D eigenvalue weighted by atomic mass is 16.6. The zero-order valence-corrected chi connectivity index (χ0v) is 31.9. The van der Waals surface area contributed by atoms with Crippen LogP contribution < -0.4 is 10.6 Å². The van der Waals surface area contributed by atoms with Crippen LogP contribution in [0.3, 0.4) is 0 Å². The second kappa shape index (κ2) is 17.3. The highest BCUT2D eigenvalue weighted by molar-refractivity contribution is 6.01. The van der Waals surface area contributed by atoms with Crippen LogP contribution >= 0.6 is 0 Å². The summed E-state index contributed by atoms with van der Waals surface area (Å²) in [7, 11) is 0. The minimum Gasteiger partial charge on any atom is -0.444 e. The number of ketones is 1. The molecule has 6 rings (SSSR count). The lowest BCUT2D eigenvalue weighted by atomic mass is 9.77. The standard InChI is InChI=1S/C43H52N6O5/c1-28-23-34(41(52)49-21-5-6-22-49)17-20-37(28)31-11-7-29(8-12-31)24-35(40(51)47-36-18-15-33(16-19-36)39-45-27-46-48-39)25-38(50)32-13-9-30(10-14-32)26-44-42(53)54-43(2,3)4/h7-8,11-12,15-20,23,30,32,35H,5-6,9-10,13-14,21-22,24-27H2,1-4H3,(H,44,53)(H,47,51)/t30?,32?,35-/m1/s1. The molecule has 1 saturated heterocycles. The van der Waals surface area contributed by atoms with Gasteiger partial charge in [0, 0.05) is 54.7 Å². The number of nitrogens with one attached hydrogen (secondary N) is 2. The molecule has 0 radical (unpaired) electrons. The van der Waals surface area contributed by atoms with E-state index in [1.54, 1.807) is 0 Å². The van der Waals surface area contributed by atoms with E-state index in [2.05, 4.69) is 25.9 Å². The Labute approximate surface area is 318 Å². The molecule has 0 bridgehead atoms. The predicted molar refractivity (Wildman–Crippen MR) is 210 cm³/mol. The maximum atomic E-state index is 13.9. The number of nitrogens with zero attached hydrogens (tertiary/aromatic N) is 4. The number of azo groups is 1. The average molecular weight is 733 g/mol. The second-order valence-corrected chi connectivity index (χ2v) is 15.8. The van der Waals surface area contributed by atoms with Crippen molar-refractivity contribution in [1.82, 2.24) is 10.2 Å². The maximum Gasteiger partial charge on any atom is 0.407 e. The number of hydrogen-bond donors (Lipinski definition) is 2. The molecule has 1 atom stereocenters. The molecule has 54 heavy (non-hydrogen) atoms. The summed E-state index contributed by atoms with van der Waals surface area (Å²) in [6.45, 7) is 10.0. The molecule has 0 unspecified atom stereocenters. The van der Waals surface area contributed by atoms with Gasteiger partial charge in [0.2, 0.25) is 5.91 Å². The van der Waals surface area contributed by atoms with Crippen molar-refractivity contribution in [3.63, 3.8) is 0 Å². The molecule has 11 heteroatoms. The van der Waals surface area contributed by atoms with Crippen molar-refractivity contribution < 1.29 is 23.9 Å². The van der Waals surface area contributed by atoms with Crippen molar-refractivity contribution in [1.29, 1.82) is 0 Å². The van der Waals surface area contributed by atoms with Crippen LogP contribution in [-0.4, -0.2) is 66.3 Å². The van der Waals surface area contributed by atoms with Gasteiger partial charge in [-0.15, -0.1) is 5.11 Å². The summed E-state index contributed by atoms with van der Waals surface area (Å²) in [5.41, 5.74) is 5.68. The topological polar surface area (TPSA) is 142 Å². The van der Waals surface area contributed by atoms with Crippen molar-refractivity contribution in [2.45, 2.75) is 84.7 Å². The number of carbonyl (C=O) groups is 4. The number of aryl methyl sites for hydroxylation is 1. The molecule has 2 heterocycles. The highest BCUT2D eigenvalue weighted by Gasteiger charge is 2.31. The lowest BCUT2D eigenvalue weighted by Gasteiger charge is -2.29. The van der Waals surface area contributed by atoms with E-state index in [4.69, 9.17) is 4.74 Å². The number of ether oxygens (including phenoxy) is 1. The summed E-state index contributed by atoms with van der Waals surface area (Å²) in [6.07, 6.45) is 5.35. The lowest BCUT2D eigenvalue weighted by molar-refractivity contribution is -0.129. The van der Waals surface area contributed by atoms with Crippen LogP contribution in [0, 0.1) is 24.7 Å². The number of likely N-dealkylation sites (tertiary alicyclic amines) is 1. The molecule has 2 aliphatic heterocycles. The third kappa shape index (κ3) is 10.3. The molecule has 284 valence electrons. The van der Waals surface area contributed by atoms with E-state index in [1.165, 1.54) is 0 Å². The van der Waals surface area contributed by atoms with Crippen LogP contribution in [0.2, 0.25) is 0 Å². The van der Waals surface area contributed by atoms with E-state index in [0.717, 1.165) is 79.4 Å². The Morgan fingerprint density at radius 2 is 1.57 bits per heavy atom. The van der Waals surface area contributed by atoms with Crippen LogP contribution in [0.4, 0.5) is 10.5 Å². The number of carbonyl (C=O) groups excluding carboxylic acids is 4. The van der Waals surface area contributed by atoms with Gasteiger partial charge < -0.3 is 20.3 Å². The molecule has 2 N–H and O–H groups in total. The van der Waals surface area contributed by atoms with Crippen LogP contribution in [0.15, 0.2) is 82.0 Å². The molecular weight excluding hydrogens is 681 g/mol. The Morgan fingerprint density at radius 1 is 0.889 bits per heavy atom. The number of aliphatic imine (C=N–C) groups is 1. The third-order valence-corrected chi connectivity index (χ3v) is 10.5. The normalized spacial score (nSPS) is 18.9. The first-order chi connectivity index (χ1) is 25.9. The number of hydrogen-bond acceptors (Lipinski definition) is 8. The number of anilines is 1. The van der Waals surface area contributed by atoms with Gasteiger partial charge >= 0.3 is 6.09 Å². The third-order valence-electron chi connectivity index (χ3n) is 10.5. The van der Waals surface area contributed by atoms with Gasteiger partial charge in [0.15, 0.2) is 12.5 Å².